The van der Waals surface area contributed by atoms with E-state index in [0.29, 0.717) is 0 Å². The lowest BCUT2D eigenvalue weighted by molar-refractivity contribution is 0.104. The van der Waals surface area contributed by atoms with Gasteiger partial charge in [0.05, 0.1) is 0 Å². The van der Waals surface area contributed by atoms with Gasteiger partial charge < -0.3 is 0 Å². The van der Waals surface area contributed by atoms with Gasteiger partial charge in [-0.2, -0.15) is 0 Å². The number of allylic oxidation sites excluding steroid dienone is 1. The molecule has 0 unspecified atom stereocenters. The quantitative estimate of drug-likeness (QED) is 0.134. The van der Waals surface area contributed by atoms with Crippen LogP contribution in [-0.2, 0) is 12.8 Å². The van der Waals surface area contributed by atoms with Gasteiger partial charge in [-0.3, -0.25) is 4.79 Å². The Hall–Kier alpha value is -2.41. The Labute approximate surface area is 183 Å². The molecule has 0 fully saturated rings. The lowest BCUT2D eigenvalue weighted by Crippen LogP contribution is -2.07. The van der Waals surface area contributed by atoms with Crippen LogP contribution in [0.1, 0.15) is 97.8 Å². The van der Waals surface area contributed by atoms with Crippen LogP contribution in [0, 0.1) is 0 Å². The molecule has 0 amide bonds. The van der Waals surface area contributed by atoms with E-state index in [2.05, 4.69) is 62.9 Å². The second kappa shape index (κ2) is 13.7. The molecule has 0 radical (unpaired) electrons. The summed E-state index contributed by atoms with van der Waals surface area (Å²) < 4.78 is 0. The topological polar surface area (TPSA) is 17.1 Å². The van der Waals surface area contributed by atoms with E-state index in [4.69, 9.17) is 0 Å². The second-order valence-electron chi connectivity index (χ2n) is 8.09. The number of hydrogen-bond acceptors (Lipinski definition) is 1. The third-order valence-corrected chi connectivity index (χ3v) is 5.73. The lowest BCUT2D eigenvalue weighted by atomic mass is 9.87. The van der Waals surface area contributed by atoms with Crippen molar-refractivity contribution in [3.63, 3.8) is 0 Å². The Morgan fingerprint density at radius 3 is 2.00 bits per heavy atom. The molecule has 0 saturated carbocycles. The summed E-state index contributed by atoms with van der Waals surface area (Å²) in [5, 5.41) is 0. The first-order chi connectivity index (χ1) is 14.7. The van der Waals surface area contributed by atoms with E-state index in [1.54, 1.807) is 0 Å². The van der Waals surface area contributed by atoms with Gasteiger partial charge in [0, 0.05) is 5.56 Å². The third-order valence-electron chi connectivity index (χ3n) is 5.73. The van der Waals surface area contributed by atoms with E-state index in [9.17, 15) is 4.79 Å². The number of ketones is 1. The average Bonchev–Trinajstić information content (AvgIpc) is 2.79. The van der Waals surface area contributed by atoms with Gasteiger partial charge in [-0.1, -0.05) is 114 Å². The van der Waals surface area contributed by atoms with E-state index in [1.165, 1.54) is 73.3 Å². The summed E-state index contributed by atoms with van der Waals surface area (Å²) in [6, 6.07) is 14.6. The minimum atomic E-state index is 0.0499. The van der Waals surface area contributed by atoms with E-state index in [1.807, 2.05) is 12.1 Å². The molecule has 2 aromatic rings. The molecule has 0 heterocycles. The number of benzene rings is 2. The predicted octanol–water partition coefficient (Wildman–Crippen LogP) is 8.47. The zero-order valence-electron chi connectivity index (χ0n) is 19.0. The summed E-state index contributed by atoms with van der Waals surface area (Å²) in [6.07, 6.45) is 17.6. The largest absolute Gasteiger partial charge is 0.289 e. The maximum absolute atomic E-state index is 12.6. The van der Waals surface area contributed by atoms with Gasteiger partial charge >= 0.3 is 0 Å². The van der Waals surface area contributed by atoms with Crippen LogP contribution in [0.4, 0.5) is 0 Å². The highest BCUT2D eigenvalue weighted by Gasteiger charge is 2.15. The van der Waals surface area contributed by atoms with Gasteiger partial charge in [-0.05, 0) is 54.0 Å². The molecule has 0 aliphatic carbocycles. The molecular formula is C29H38O. The molecule has 2 rings (SSSR count). The van der Waals surface area contributed by atoms with Crippen LogP contribution < -0.4 is 0 Å². The predicted molar refractivity (Wildman–Crippen MR) is 132 cm³/mol. The zero-order chi connectivity index (χ0) is 21.6. The molecule has 0 aromatic heterocycles. The highest BCUT2D eigenvalue weighted by Crippen LogP contribution is 2.27. The zero-order valence-corrected chi connectivity index (χ0v) is 19.0. The first-order valence-electron chi connectivity index (χ1n) is 11.8. The number of carbonyl (C=O) groups excluding carboxylic acids is 1. The summed E-state index contributed by atoms with van der Waals surface area (Å²) in [5.74, 6) is 0.0499. The molecule has 0 bridgehead atoms. The van der Waals surface area contributed by atoms with E-state index < -0.39 is 0 Å². The van der Waals surface area contributed by atoms with Crippen molar-refractivity contribution in [2.45, 2.75) is 78.1 Å². The fourth-order valence-corrected chi connectivity index (χ4v) is 4.00. The highest BCUT2D eigenvalue weighted by atomic mass is 16.1. The first-order valence-corrected chi connectivity index (χ1v) is 11.8. The molecule has 30 heavy (non-hydrogen) atoms. The molecule has 0 atom stereocenters. The summed E-state index contributed by atoms with van der Waals surface area (Å²) in [6.45, 7) is 8.22. The fourth-order valence-electron chi connectivity index (χ4n) is 4.00. The summed E-state index contributed by atoms with van der Waals surface area (Å²) in [5.41, 5.74) is 5.92. The van der Waals surface area contributed by atoms with Crippen LogP contribution >= 0.6 is 0 Å². The SMILES string of the molecule is C=CC(=O)c1ccc(C=Cc2ccccc2)c(CCCCCC)c1CCCCCC. The van der Waals surface area contributed by atoms with Gasteiger partial charge in [-0.25, -0.2) is 0 Å². The molecule has 0 saturated heterocycles. The maximum Gasteiger partial charge on any atom is 0.185 e. The minimum absolute atomic E-state index is 0.0499. The maximum atomic E-state index is 12.6. The van der Waals surface area contributed by atoms with Crippen LogP contribution in [0.3, 0.4) is 0 Å². The Morgan fingerprint density at radius 1 is 0.767 bits per heavy atom. The minimum Gasteiger partial charge on any atom is -0.289 e. The standard InChI is InChI=1S/C29H38O/c1-4-7-9-14-18-26-25(21-20-24-16-12-11-13-17-24)22-23-28(29(30)6-3)27(26)19-15-10-8-5-2/h6,11-13,16-17,20-23H,3-5,7-10,14-15,18-19H2,1-2H3. The third kappa shape index (κ3) is 7.44. The van der Waals surface area contributed by atoms with Crippen molar-refractivity contribution in [3.8, 4) is 0 Å². The summed E-state index contributed by atoms with van der Waals surface area (Å²) in [4.78, 5) is 12.6. The number of rotatable bonds is 14. The van der Waals surface area contributed by atoms with Gasteiger partial charge in [0.1, 0.15) is 0 Å². The monoisotopic (exact) mass is 402 g/mol. The first kappa shape index (κ1) is 23.9. The molecule has 0 N–H and O–H groups in total. The van der Waals surface area contributed by atoms with E-state index in [-0.39, 0.29) is 5.78 Å². The van der Waals surface area contributed by atoms with Crippen molar-refractivity contribution in [2.75, 3.05) is 0 Å². The molecule has 1 nitrogen and oxygen atoms in total. The lowest BCUT2D eigenvalue weighted by Gasteiger charge is -2.17. The van der Waals surface area contributed by atoms with E-state index >= 15 is 0 Å². The summed E-state index contributed by atoms with van der Waals surface area (Å²) in [7, 11) is 0. The Morgan fingerprint density at radius 2 is 1.40 bits per heavy atom. The van der Waals surface area contributed by atoms with Crippen LogP contribution in [-0.4, -0.2) is 5.78 Å². The van der Waals surface area contributed by atoms with Crippen molar-refractivity contribution in [3.05, 3.63) is 82.9 Å². The van der Waals surface area contributed by atoms with Crippen LogP contribution in [0.5, 0.6) is 0 Å². The van der Waals surface area contributed by atoms with Crippen LogP contribution in [0.25, 0.3) is 12.2 Å². The average molecular weight is 403 g/mol. The molecular weight excluding hydrogens is 364 g/mol. The Balaban J connectivity index is 2.40. The van der Waals surface area contributed by atoms with Gasteiger partial charge in [0.15, 0.2) is 5.78 Å². The van der Waals surface area contributed by atoms with Crippen LogP contribution in [0.2, 0.25) is 0 Å². The molecule has 160 valence electrons. The van der Waals surface area contributed by atoms with Gasteiger partial charge in [0.2, 0.25) is 0 Å². The molecule has 0 aliphatic heterocycles. The Bertz CT molecular complexity index is 814. The molecule has 2 aromatic carbocycles. The van der Waals surface area contributed by atoms with Crippen molar-refractivity contribution >= 4 is 17.9 Å². The molecule has 1 heteroatoms. The van der Waals surface area contributed by atoms with Crippen molar-refractivity contribution in [2.24, 2.45) is 0 Å². The second-order valence-corrected chi connectivity index (χ2v) is 8.09. The Kier molecular flexibility index (Phi) is 10.9. The highest BCUT2D eigenvalue weighted by molar-refractivity contribution is 6.05. The number of unbranched alkanes of at least 4 members (excludes halogenated alkanes) is 6. The van der Waals surface area contributed by atoms with E-state index in [0.717, 1.165) is 24.8 Å². The molecule has 0 aliphatic rings. The number of carbonyl (C=O) groups is 1. The summed E-state index contributed by atoms with van der Waals surface area (Å²) >= 11 is 0. The van der Waals surface area contributed by atoms with Gasteiger partial charge in [0.25, 0.3) is 0 Å². The number of hydrogen-bond donors (Lipinski definition) is 0. The normalized spacial score (nSPS) is 11.1. The van der Waals surface area contributed by atoms with Crippen molar-refractivity contribution in [1.29, 1.82) is 0 Å². The fraction of sp³-hybridized carbons (Fsp3) is 0.414. The van der Waals surface area contributed by atoms with Crippen molar-refractivity contribution < 1.29 is 4.79 Å². The van der Waals surface area contributed by atoms with Crippen molar-refractivity contribution in [1.82, 2.24) is 0 Å². The van der Waals surface area contributed by atoms with Gasteiger partial charge in [-0.15, -0.1) is 0 Å². The van der Waals surface area contributed by atoms with Crippen LogP contribution in [0.15, 0.2) is 55.1 Å². The molecule has 0 spiro atoms. The smallest absolute Gasteiger partial charge is 0.185 e.